The average molecular weight is 404 g/mol. The highest BCUT2D eigenvalue weighted by Gasteiger charge is 2.43. The highest BCUT2D eigenvalue weighted by atomic mass is 16.2. The Morgan fingerprint density at radius 3 is 2.37 bits per heavy atom. The fourth-order valence-electron chi connectivity index (χ4n) is 4.82. The predicted octanol–water partition coefficient (Wildman–Crippen LogP) is 3.18. The SMILES string of the molecule is Cc1cccc(N2CCN(C(=O)C3c4ccccc4CCN3C(=O)C3CC3)CC2)c1. The zero-order valence-corrected chi connectivity index (χ0v) is 17.6. The molecule has 1 aliphatic carbocycles. The van der Waals surface area contributed by atoms with Crippen LogP contribution in [0.2, 0.25) is 0 Å². The summed E-state index contributed by atoms with van der Waals surface area (Å²) in [4.78, 5) is 32.8. The summed E-state index contributed by atoms with van der Waals surface area (Å²) in [6.45, 7) is 5.77. The molecule has 2 aromatic carbocycles. The molecule has 2 fully saturated rings. The van der Waals surface area contributed by atoms with Gasteiger partial charge in [0, 0.05) is 44.3 Å². The van der Waals surface area contributed by atoms with Gasteiger partial charge in [-0.2, -0.15) is 0 Å². The first kappa shape index (κ1) is 19.2. The number of fused-ring (bicyclic) bond motifs is 1. The number of hydrogen-bond donors (Lipinski definition) is 0. The summed E-state index contributed by atoms with van der Waals surface area (Å²) in [5.41, 5.74) is 4.69. The summed E-state index contributed by atoms with van der Waals surface area (Å²) in [7, 11) is 0. The maximum atomic E-state index is 13.7. The number of anilines is 1. The lowest BCUT2D eigenvalue weighted by atomic mass is 9.91. The molecule has 1 saturated heterocycles. The molecule has 2 aliphatic heterocycles. The molecular weight excluding hydrogens is 374 g/mol. The van der Waals surface area contributed by atoms with Crippen molar-refractivity contribution in [3.05, 3.63) is 65.2 Å². The fourth-order valence-corrected chi connectivity index (χ4v) is 4.82. The molecule has 3 aliphatic rings. The van der Waals surface area contributed by atoms with Gasteiger partial charge in [0.1, 0.15) is 6.04 Å². The van der Waals surface area contributed by atoms with Gasteiger partial charge in [0.15, 0.2) is 0 Å². The molecule has 0 bridgehead atoms. The smallest absolute Gasteiger partial charge is 0.250 e. The maximum absolute atomic E-state index is 13.7. The molecule has 0 N–H and O–H groups in total. The zero-order chi connectivity index (χ0) is 20.7. The van der Waals surface area contributed by atoms with Crippen molar-refractivity contribution in [3.8, 4) is 0 Å². The van der Waals surface area contributed by atoms with Gasteiger partial charge in [0.2, 0.25) is 11.8 Å². The van der Waals surface area contributed by atoms with Crippen LogP contribution >= 0.6 is 0 Å². The second kappa shape index (κ2) is 7.78. The number of carbonyl (C=O) groups is 2. The number of piperazine rings is 1. The molecule has 1 atom stereocenters. The Balaban J connectivity index is 1.35. The first-order chi connectivity index (χ1) is 14.6. The fraction of sp³-hybridized carbons (Fsp3) is 0.440. The molecule has 0 radical (unpaired) electrons. The van der Waals surface area contributed by atoms with E-state index in [9.17, 15) is 9.59 Å². The van der Waals surface area contributed by atoms with Crippen LogP contribution in [0.3, 0.4) is 0 Å². The molecule has 2 aromatic rings. The average Bonchev–Trinajstić information content (AvgIpc) is 3.63. The first-order valence-electron chi connectivity index (χ1n) is 11.1. The van der Waals surface area contributed by atoms with Gasteiger partial charge in [-0.25, -0.2) is 0 Å². The summed E-state index contributed by atoms with van der Waals surface area (Å²) >= 11 is 0. The lowest BCUT2D eigenvalue weighted by molar-refractivity contribution is -0.147. The van der Waals surface area contributed by atoms with Gasteiger partial charge in [0.25, 0.3) is 0 Å². The van der Waals surface area contributed by atoms with Crippen molar-refractivity contribution in [2.45, 2.75) is 32.2 Å². The van der Waals surface area contributed by atoms with Crippen LogP contribution in [0.5, 0.6) is 0 Å². The van der Waals surface area contributed by atoms with Crippen molar-refractivity contribution in [3.63, 3.8) is 0 Å². The Bertz CT molecular complexity index is 960. The van der Waals surface area contributed by atoms with Crippen LogP contribution in [0.4, 0.5) is 5.69 Å². The summed E-state index contributed by atoms with van der Waals surface area (Å²) in [6, 6.07) is 16.2. The minimum Gasteiger partial charge on any atom is -0.368 e. The van der Waals surface area contributed by atoms with Gasteiger partial charge in [0.05, 0.1) is 0 Å². The number of nitrogens with zero attached hydrogens (tertiary/aromatic N) is 3. The van der Waals surface area contributed by atoms with Crippen molar-refractivity contribution >= 4 is 17.5 Å². The number of hydrogen-bond acceptors (Lipinski definition) is 3. The van der Waals surface area contributed by atoms with Crippen molar-refractivity contribution in [1.82, 2.24) is 9.80 Å². The van der Waals surface area contributed by atoms with Crippen LogP contribution in [0, 0.1) is 12.8 Å². The monoisotopic (exact) mass is 403 g/mol. The lowest BCUT2D eigenvalue weighted by Gasteiger charge is -2.42. The predicted molar refractivity (Wildman–Crippen MR) is 117 cm³/mol. The van der Waals surface area contributed by atoms with Gasteiger partial charge < -0.3 is 14.7 Å². The van der Waals surface area contributed by atoms with Crippen LogP contribution in [-0.2, 0) is 16.0 Å². The summed E-state index contributed by atoms with van der Waals surface area (Å²) < 4.78 is 0. The van der Waals surface area contributed by atoms with Gasteiger partial charge >= 0.3 is 0 Å². The summed E-state index contributed by atoms with van der Waals surface area (Å²) in [5, 5.41) is 0. The third-order valence-corrected chi connectivity index (χ3v) is 6.69. The van der Waals surface area contributed by atoms with E-state index in [1.54, 1.807) is 0 Å². The van der Waals surface area contributed by atoms with Gasteiger partial charge in [-0.3, -0.25) is 9.59 Å². The second-order valence-electron chi connectivity index (χ2n) is 8.81. The highest BCUT2D eigenvalue weighted by Crippen LogP contribution is 2.38. The minimum absolute atomic E-state index is 0.0834. The standard InChI is InChI=1S/C25H29N3O2/c1-18-5-4-7-21(17-18)26-13-15-27(16-14-26)25(30)23-22-8-3-2-6-19(22)11-12-28(23)24(29)20-9-10-20/h2-8,17,20,23H,9-16H2,1H3. The number of benzene rings is 2. The van der Waals surface area contributed by atoms with Crippen LogP contribution in [0.15, 0.2) is 48.5 Å². The van der Waals surface area contributed by atoms with Gasteiger partial charge in [-0.1, -0.05) is 36.4 Å². The maximum Gasteiger partial charge on any atom is 0.250 e. The van der Waals surface area contributed by atoms with E-state index in [1.807, 2.05) is 28.0 Å². The Labute approximate surface area is 178 Å². The molecule has 1 saturated carbocycles. The normalized spacial score (nSPS) is 21.4. The van der Waals surface area contributed by atoms with Gasteiger partial charge in [-0.05, 0) is 55.0 Å². The minimum atomic E-state index is -0.464. The summed E-state index contributed by atoms with van der Waals surface area (Å²) in [5.74, 6) is 0.380. The van der Waals surface area contributed by atoms with Crippen LogP contribution in [-0.4, -0.2) is 54.3 Å². The van der Waals surface area contributed by atoms with E-state index in [0.717, 1.165) is 37.9 Å². The molecule has 30 heavy (non-hydrogen) atoms. The van der Waals surface area contributed by atoms with Crippen LogP contribution in [0.25, 0.3) is 0 Å². The Morgan fingerprint density at radius 2 is 1.63 bits per heavy atom. The molecule has 2 amide bonds. The van der Waals surface area contributed by atoms with E-state index in [4.69, 9.17) is 0 Å². The Morgan fingerprint density at radius 1 is 0.867 bits per heavy atom. The molecule has 0 spiro atoms. The molecule has 0 aromatic heterocycles. The van der Waals surface area contributed by atoms with E-state index in [-0.39, 0.29) is 17.7 Å². The topological polar surface area (TPSA) is 43.9 Å². The van der Waals surface area contributed by atoms with E-state index in [0.29, 0.717) is 19.6 Å². The first-order valence-corrected chi connectivity index (χ1v) is 11.1. The molecule has 5 rings (SSSR count). The number of carbonyl (C=O) groups excluding carboxylic acids is 2. The second-order valence-corrected chi connectivity index (χ2v) is 8.81. The zero-order valence-electron chi connectivity index (χ0n) is 17.6. The quantitative estimate of drug-likeness (QED) is 0.791. The molecule has 5 heteroatoms. The van der Waals surface area contributed by atoms with E-state index >= 15 is 0 Å². The van der Waals surface area contributed by atoms with Crippen molar-refractivity contribution in [2.75, 3.05) is 37.6 Å². The number of aryl methyl sites for hydroxylation is 1. The van der Waals surface area contributed by atoms with E-state index < -0.39 is 6.04 Å². The van der Waals surface area contributed by atoms with E-state index in [1.165, 1.54) is 16.8 Å². The largest absolute Gasteiger partial charge is 0.368 e. The Hall–Kier alpha value is -2.82. The summed E-state index contributed by atoms with van der Waals surface area (Å²) in [6.07, 6.45) is 2.76. The number of rotatable bonds is 3. The van der Waals surface area contributed by atoms with Crippen molar-refractivity contribution < 1.29 is 9.59 Å². The third-order valence-electron chi connectivity index (χ3n) is 6.69. The highest BCUT2D eigenvalue weighted by molar-refractivity contribution is 5.91. The molecule has 2 heterocycles. The number of amides is 2. The van der Waals surface area contributed by atoms with E-state index in [2.05, 4.69) is 42.2 Å². The van der Waals surface area contributed by atoms with Crippen molar-refractivity contribution in [2.24, 2.45) is 5.92 Å². The molecule has 5 nitrogen and oxygen atoms in total. The molecule has 1 unspecified atom stereocenters. The molecular formula is C25H29N3O2. The van der Waals surface area contributed by atoms with Gasteiger partial charge in [-0.15, -0.1) is 0 Å². The van der Waals surface area contributed by atoms with Crippen molar-refractivity contribution in [1.29, 1.82) is 0 Å². The van der Waals surface area contributed by atoms with Crippen LogP contribution < -0.4 is 4.90 Å². The Kier molecular flexibility index (Phi) is 4.97. The molecule has 156 valence electrons. The van der Waals surface area contributed by atoms with Crippen LogP contribution in [0.1, 0.15) is 35.6 Å². The third kappa shape index (κ3) is 3.57. The lowest BCUT2D eigenvalue weighted by Crippen LogP contribution is -2.54.